The lowest BCUT2D eigenvalue weighted by atomic mass is 9.68. The van der Waals surface area contributed by atoms with Crippen LogP contribution in [-0.2, 0) is 4.74 Å². The van der Waals surface area contributed by atoms with Gasteiger partial charge in [-0.3, -0.25) is 0 Å². The summed E-state index contributed by atoms with van der Waals surface area (Å²) in [5.74, 6) is 0.852. The van der Waals surface area contributed by atoms with E-state index in [0.717, 1.165) is 5.76 Å². The maximum absolute atomic E-state index is 5.15. The maximum atomic E-state index is 5.15. The molecule has 0 atom stereocenters. The van der Waals surface area contributed by atoms with E-state index in [0.29, 0.717) is 0 Å². The second-order valence-corrected chi connectivity index (χ2v) is 4.50. The van der Waals surface area contributed by atoms with E-state index in [2.05, 4.69) is 41.2 Å². The van der Waals surface area contributed by atoms with Gasteiger partial charge in [-0.25, -0.2) is 0 Å². The fourth-order valence-corrected chi connectivity index (χ4v) is 0.673. The number of rotatable bonds is 2. The van der Waals surface area contributed by atoms with Crippen LogP contribution in [0.5, 0.6) is 0 Å². The summed E-state index contributed by atoms with van der Waals surface area (Å²) in [5, 5.41) is 0. The van der Waals surface area contributed by atoms with Crippen LogP contribution in [0.15, 0.2) is 12.3 Å². The van der Waals surface area contributed by atoms with Crippen molar-refractivity contribution >= 4 is 0 Å². The van der Waals surface area contributed by atoms with Crippen LogP contribution < -0.4 is 0 Å². The first-order valence-corrected chi connectivity index (χ1v) is 3.97. The van der Waals surface area contributed by atoms with Gasteiger partial charge in [0.05, 0.1) is 12.9 Å². The molecule has 0 aromatic carbocycles. The summed E-state index contributed by atoms with van der Waals surface area (Å²) in [5.41, 5.74) is 0.224. The van der Waals surface area contributed by atoms with E-state index in [9.17, 15) is 0 Å². The molecule has 0 saturated carbocycles. The highest BCUT2D eigenvalue weighted by molar-refractivity contribution is 5.04. The molecule has 0 unspecified atom stereocenters. The van der Waals surface area contributed by atoms with Gasteiger partial charge in [-0.1, -0.05) is 41.2 Å². The molecule has 0 radical (unpaired) electrons. The van der Waals surface area contributed by atoms with Crippen molar-refractivity contribution in [1.82, 2.24) is 0 Å². The minimum Gasteiger partial charge on any atom is -0.501 e. The minimum absolute atomic E-state index is 0.0295. The van der Waals surface area contributed by atoms with E-state index < -0.39 is 0 Å². The van der Waals surface area contributed by atoms with Gasteiger partial charge in [0, 0.05) is 5.41 Å². The standard InChI is InChI=1S/C10H20O/c1-8(11-7)10(5,6)9(2,3)4/h1H2,2-7H3. The summed E-state index contributed by atoms with van der Waals surface area (Å²) in [7, 11) is 1.68. The Bertz CT molecular complexity index is 149. The lowest BCUT2D eigenvalue weighted by Crippen LogP contribution is -2.31. The predicted octanol–water partition coefficient (Wildman–Crippen LogP) is 3.22. The molecule has 0 amide bonds. The Kier molecular flexibility index (Phi) is 2.76. The third kappa shape index (κ3) is 1.98. The number of hydrogen-bond acceptors (Lipinski definition) is 1. The monoisotopic (exact) mass is 156 g/mol. The topological polar surface area (TPSA) is 9.23 Å². The third-order valence-corrected chi connectivity index (χ3v) is 2.82. The average molecular weight is 156 g/mol. The second-order valence-electron chi connectivity index (χ2n) is 4.50. The lowest BCUT2D eigenvalue weighted by Gasteiger charge is -2.39. The van der Waals surface area contributed by atoms with Gasteiger partial charge in [0.15, 0.2) is 0 Å². The quantitative estimate of drug-likeness (QED) is 0.558. The largest absolute Gasteiger partial charge is 0.501 e. The normalized spacial score (nSPS) is 12.9. The van der Waals surface area contributed by atoms with Crippen molar-refractivity contribution in [2.45, 2.75) is 34.6 Å². The van der Waals surface area contributed by atoms with Gasteiger partial charge in [0.1, 0.15) is 0 Å². The molecule has 0 saturated heterocycles. The fraction of sp³-hybridized carbons (Fsp3) is 0.800. The minimum atomic E-state index is 0.0295. The molecule has 1 nitrogen and oxygen atoms in total. The highest BCUT2D eigenvalue weighted by atomic mass is 16.5. The van der Waals surface area contributed by atoms with Crippen molar-refractivity contribution in [3.8, 4) is 0 Å². The first-order valence-electron chi connectivity index (χ1n) is 3.97. The van der Waals surface area contributed by atoms with Crippen molar-refractivity contribution in [3.05, 3.63) is 12.3 Å². The molecule has 1 heteroatoms. The van der Waals surface area contributed by atoms with Crippen molar-refractivity contribution in [1.29, 1.82) is 0 Å². The van der Waals surface area contributed by atoms with E-state index >= 15 is 0 Å². The molecule has 0 aliphatic heterocycles. The first kappa shape index (κ1) is 10.5. The Morgan fingerprint density at radius 2 is 1.45 bits per heavy atom. The van der Waals surface area contributed by atoms with Gasteiger partial charge in [-0.05, 0) is 5.41 Å². The molecule has 0 rings (SSSR count). The Hall–Kier alpha value is -0.460. The van der Waals surface area contributed by atoms with Gasteiger partial charge < -0.3 is 4.74 Å². The van der Waals surface area contributed by atoms with E-state index in [4.69, 9.17) is 4.74 Å². The van der Waals surface area contributed by atoms with E-state index in [-0.39, 0.29) is 10.8 Å². The zero-order valence-electron chi connectivity index (χ0n) is 8.62. The molecule has 11 heavy (non-hydrogen) atoms. The molecule has 0 aromatic heterocycles. The average Bonchev–Trinajstić information content (AvgIpc) is 1.83. The summed E-state index contributed by atoms with van der Waals surface area (Å²) in [6.45, 7) is 14.8. The van der Waals surface area contributed by atoms with Crippen LogP contribution in [0, 0.1) is 10.8 Å². The van der Waals surface area contributed by atoms with Gasteiger partial charge >= 0.3 is 0 Å². The van der Waals surface area contributed by atoms with Crippen molar-refractivity contribution in [2.75, 3.05) is 7.11 Å². The van der Waals surface area contributed by atoms with Crippen LogP contribution >= 0.6 is 0 Å². The molecule has 0 fully saturated rings. The van der Waals surface area contributed by atoms with Crippen LogP contribution in [-0.4, -0.2) is 7.11 Å². The first-order chi connectivity index (χ1) is 4.73. The Morgan fingerprint density at radius 1 is 1.09 bits per heavy atom. The summed E-state index contributed by atoms with van der Waals surface area (Å²) >= 11 is 0. The molecule has 0 N–H and O–H groups in total. The Morgan fingerprint density at radius 3 is 1.55 bits per heavy atom. The highest BCUT2D eigenvalue weighted by Crippen LogP contribution is 2.43. The SMILES string of the molecule is C=C(OC)C(C)(C)C(C)(C)C. The van der Waals surface area contributed by atoms with E-state index in [1.165, 1.54) is 0 Å². The van der Waals surface area contributed by atoms with Gasteiger partial charge in [0.2, 0.25) is 0 Å². The maximum Gasteiger partial charge on any atom is 0.0945 e. The third-order valence-electron chi connectivity index (χ3n) is 2.82. The van der Waals surface area contributed by atoms with E-state index in [1.54, 1.807) is 7.11 Å². The van der Waals surface area contributed by atoms with Crippen molar-refractivity contribution in [2.24, 2.45) is 10.8 Å². The molecule has 0 heterocycles. The van der Waals surface area contributed by atoms with Crippen molar-refractivity contribution < 1.29 is 4.74 Å². The zero-order valence-corrected chi connectivity index (χ0v) is 8.62. The van der Waals surface area contributed by atoms with Gasteiger partial charge in [-0.15, -0.1) is 0 Å². The number of methoxy groups -OCH3 is 1. The molecule has 0 aliphatic rings. The highest BCUT2D eigenvalue weighted by Gasteiger charge is 2.36. The summed E-state index contributed by atoms with van der Waals surface area (Å²) in [6.07, 6.45) is 0. The number of hydrogen-bond donors (Lipinski definition) is 0. The van der Waals surface area contributed by atoms with Crippen LogP contribution in [0.4, 0.5) is 0 Å². The molecular formula is C10H20O. The second kappa shape index (κ2) is 2.88. The number of allylic oxidation sites excluding steroid dienone is 1. The molecule has 0 aromatic rings. The van der Waals surface area contributed by atoms with E-state index in [1.807, 2.05) is 0 Å². The summed E-state index contributed by atoms with van der Waals surface area (Å²) in [6, 6.07) is 0. The van der Waals surface area contributed by atoms with Crippen LogP contribution in [0.1, 0.15) is 34.6 Å². The molecule has 66 valence electrons. The van der Waals surface area contributed by atoms with Crippen molar-refractivity contribution in [3.63, 3.8) is 0 Å². The Balaban J connectivity index is 4.59. The summed E-state index contributed by atoms with van der Waals surface area (Å²) in [4.78, 5) is 0. The Labute approximate surface area is 70.4 Å². The van der Waals surface area contributed by atoms with Gasteiger partial charge in [-0.2, -0.15) is 0 Å². The summed E-state index contributed by atoms with van der Waals surface area (Å²) < 4.78 is 5.15. The molecule has 0 bridgehead atoms. The smallest absolute Gasteiger partial charge is 0.0945 e. The zero-order chi connectivity index (χ0) is 9.28. The molecule has 0 spiro atoms. The fourth-order valence-electron chi connectivity index (χ4n) is 0.673. The van der Waals surface area contributed by atoms with Crippen LogP contribution in [0.2, 0.25) is 0 Å². The molecule has 0 aliphatic carbocycles. The van der Waals surface area contributed by atoms with Crippen LogP contribution in [0.3, 0.4) is 0 Å². The van der Waals surface area contributed by atoms with Crippen LogP contribution in [0.25, 0.3) is 0 Å². The predicted molar refractivity (Wildman–Crippen MR) is 49.4 cm³/mol. The molecular weight excluding hydrogens is 136 g/mol. The lowest BCUT2D eigenvalue weighted by molar-refractivity contribution is 0.0921. The van der Waals surface area contributed by atoms with Gasteiger partial charge in [0.25, 0.3) is 0 Å². The number of ether oxygens (including phenoxy) is 1.